The Bertz CT molecular complexity index is 693. The normalized spacial score (nSPS) is 12.0. The summed E-state index contributed by atoms with van der Waals surface area (Å²) >= 11 is 0. The van der Waals surface area contributed by atoms with Crippen LogP contribution in [0.1, 0.15) is 42.5 Å². The van der Waals surface area contributed by atoms with Gasteiger partial charge in [0.1, 0.15) is 17.4 Å². The van der Waals surface area contributed by atoms with Gasteiger partial charge in [-0.15, -0.1) is 0 Å². The minimum absolute atomic E-state index is 0.0314. The van der Waals surface area contributed by atoms with Crippen LogP contribution in [0.5, 0.6) is 0 Å². The summed E-state index contributed by atoms with van der Waals surface area (Å²) in [6, 6.07) is 12.7. The summed E-state index contributed by atoms with van der Waals surface area (Å²) in [7, 11) is 0. The Labute approximate surface area is 124 Å². The average molecular weight is 279 g/mol. The first kappa shape index (κ1) is 14.8. The van der Waals surface area contributed by atoms with Crippen LogP contribution in [0.3, 0.4) is 0 Å². The number of furan rings is 1. The zero-order valence-corrected chi connectivity index (χ0v) is 12.4. The van der Waals surface area contributed by atoms with E-state index in [2.05, 4.69) is 20.8 Å². The van der Waals surface area contributed by atoms with Gasteiger partial charge in [0, 0.05) is 11.6 Å². The smallest absolute Gasteiger partial charge is 0.203 e. The van der Waals surface area contributed by atoms with Gasteiger partial charge in [0.15, 0.2) is 0 Å². The fraction of sp³-hybridized carbons (Fsp3) is 0.222. The van der Waals surface area contributed by atoms with E-state index < -0.39 is 0 Å². The van der Waals surface area contributed by atoms with Crippen LogP contribution in [-0.4, -0.2) is 5.78 Å². The van der Waals surface area contributed by atoms with Crippen molar-refractivity contribution in [2.45, 2.75) is 26.2 Å². The Morgan fingerprint density at radius 3 is 2.33 bits per heavy atom. The second-order valence-corrected chi connectivity index (χ2v) is 5.84. The highest BCUT2D eigenvalue weighted by Gasteiger charge is 2.16. The molecule has 0 aliphatic carbocycles. The molecule has 0 radical (unpaired) electrons. The number of carbonyl (C=O) groups excluding carboxylic acids is 1. The van der Waals surface area contributed by atoms with Gasteiger partial charge < -0.3 is 4.42 Å². The average Bonchev–Trinajstić information content (AvgIpc) is 2.96. The van der Waals surface area contributed by atoms with E-state index in [0.717, 1.165) is 5.56 Å². The first-order chi connectivity index (χ1) is 9.91. The highest BCUT2D eigenvalue weighted by atomic mass is 16.3. The summed E-state index contributed by atoms with van der Waals surface area (Å²) < 4.78 is 5.14. The minimum Gasteiger partial charge on any atom is -0.465 e. The molecule has 2 rings (SSSR count). The second kappa shape index (κ2) is 5.80. The van der Waals surface area contributed by atoms with Crippen LogP contribution in [0.2, 0.25) is 0 Å². The van der Waals surface area contributed by atoms with Crippen molar-refractivity contribution in [3.63, 3.8) is 0 Å². The first-order valence-electron chi connectivity index (χ1n) is 6.72. The zero-order valence-electron chi connectivity index (χ0n) is 12.4. The van der Waals surface area contributed by atoms with Crippen LogP contribution in [0, 0.1) is 11.3 Å². The number of carbonyl (C=O) groups is 1. The van der Waals surface area contributed by atoms with Gasteiger partial charge in [-0.25, -0.2) is 0 Å². The number of hydrogen-bond acceptors (Lipinski definition) is 3. The third-order valence-corrected chi connectivity index (χ3v) is 3.21. The van der Waals surface area contributed by atoms with Crippen molar-refractivity contribution in [1.29, 1.82) is 5.26 Å². The monoisotopic (exact) mass is 279 g/mol. The fourth-order valence-electron chi connectivity index (χ4n) is 1.94. The van der Waals surface area contributed by atoms with E-state index >= 15 is 0 Å². The van der Waals surface area contributed by atoms with Gasteiger partial charge in [0.25, 0.3) is 0 Å². The first-order valence-corrected chi connectivity index (χ1v) is 6.72. The molecule has 0 aliphatic heterocycles. The van der Waals surface area contributed by atoms with Gasteiger partial charge >= 0.3 is 0 Å². The van der Waals surface area contributed by atoms with Gasteiger partial charge in [-0.2, -0.15) is 5.26 Å². The predicted molar refractivity (Wildman–Crippen MR) is 81.8 cm³/mol. The molecular formula is C18H17NO2. The van der Waals surface area contributed by atoms with Crippen molar-refractivity contribution in [2.24, 2.45) is 0 Å². The Balaban J connectivity index is 2.29. The van der Waals surface area contributed by atoms with E-state index in [1.807, 2.05) is 18.2 Å². The standard InChI is InChI=1S/C18H17NO2/c1-18(2,3)15-8-6-13(7-9-15)17(20)14(12-19)11-16-5-4-10-21-16/h4-11H,1-3H3/b14-11+. The lowest BCUT2D eigenvalue weighted by Gasteiger charge is -2.18. The zero-order chi connectivity index (χ0) is 15.5. The van der Waals surface area contributed by atoms with Gasteiger partial charge in [-0.3, -0.25) is 4.79 Å². The lowest BCUT2D eigenvalue weighted by Crippen LogP contribution is -2.11. The van der Waals surface area contributed by atoms with E-state index in [1.165, 1.54) is 12.3 Å². The largest absolute Gasteiger partial charge is 0.465 e. The van der Waals surface area contributed by atoms with Gasteiger partial charge in [0.05, 0.1) is 6.26 Å². The van der Waals surface area contributed by atoms with E-state index in [0.29, 0.717) is 11.3 Å². The molecule has 3 nitrogen and oxygen atoms in total. The lowest BCUT2D eigenvalue weighted by atomic mass is 9.86. The third-order valence-electron chi connectivity index (χ3n) is 3.21. The topological polar surface area (TPSA) is 54.0 Å². The Hall–Kier alpha value is -2.60. The van der Waals surface area contributed by atoms with Crippen LogP contribution in [0.4, 0.5) is 0 Å². The van der Waals surface area contributed by atoms with Crippen LogP contribution in [-0.2, 0) is 5.41 Å². The Morgan fingerprint density at radius 2 is 1.86 bits per heavy atom. The second-order valence-electron chi connectivity index (χ2n) is 5.84. The maximum absolute atomic E-state index is 12.3. The van der Waals surface area contributed by atoms with Crippen molar-refractivity contribution in [3.05, 3.63) is 65.1 Å². The molecule has 0 fully saturated rings. The van der Waals surface area contributed by atoms with Crippen LogP contribution >= 0.6 is 0 Å². The molecule has 0 saturated carbocycles. The molecule has 0 spiro atoms. The number of hydrogen-bond donors (Lipinski definition) is 0. The van der Waals surface area contributed by atoms with Crippen molar-refractivity contribution in [2.75, 3.05) is 0 Å². The van der Waals surface area contributed by atoms with Crippen LogP contribution in [0.15, 0.2) is 52.7 Å². The van der Waals surface area contributed by atoms with E-state index in [9.17, 15) is 4.79 Å². The summed E-state index contributed by atoms with van der Waals surface area (Å²) in [4.78, 5) is 12.3. The molecule has 1 heterocycles. The Kier molecular flexibility index (Phi) is 4.09. The number of rotatable bonds is 3. The molecular weight excluding hydrogens is 262 g/mol. The number of allylic oxidation sites excluding steroid dienone is 1. The molecule has 0 aliphatic rings. The molecule has 0 amide bonds. The van der Waals surface area contributed by atoms with Crippen molar-refractivity contribution in [3.8, 4) is 6.07 Å². The maximum Gasteiger partial charge on any atom is 0.203 e. The third kappa shape index (κ3) is 3.49. The minimum atomic E-state index is -0.297. The number of nitriles is 1. The van der Waals surface area contributed by atoms with Gasteiger partial charge in [-0.1, -0.05) is 45.0 Å². The number of nitrogens with zero attached hydrogens (tertiary/aromatic N) is 1. The maximum atomic E-state index is 12.3. The van der Waals surface area contributed by atoms with Crippen molar-refractivity contribution in [1.82, 2.24) is 0 Å². The van der Waals surface area contributed by atoms with E-state index in [1.54, 1.807) is 24.3 Å². The predicted octanol–water partition coefficient (Wildman–Crippen LogP) is 4.37. The quantitative estimate of drug-likeness (QED) is 0.476. The fourth-order valence-corrected chi connectivity index (χ4v) is 1.94. The molecule has 0 bridgehead atoms. The summed E-state index contributed by atoms with van der Waals surface area (Å²) in [6.45, 7) is 6.34. The number of Topliss-reactive ketones (excluding diaryl/α,β-unsaturated/α-hetero) is 1. The molecule has 0 saturated heterocycles. The van der Waals surface area contributed by atoms with Gasteiger partial charge in [-0.05, 0) is 23.1 Å². The van der Waals surface area contributed by atoms with Crippen LogP contribution in [0.25, 0.3) is 6.08 Å². The molecule has 0 N–H and O–H groups in total. The molecule has 2 aromatic rings. The van der Waals surface area contributed by atoms with Gasteiger partial charge in [0.2, 0.25) is 5.78 Å². The highest BCUT2D eigenvalue weighted by molar-refractivity contribution is 6.13. The SMILES string of the molecule is CC(C)(C)c1ccc(C(=O)/C(C#N)=C/c2ccco2)cc1. The van der Waals surface area contributed by atoms with Crippen molar-refractivity contribution < 1.29 is 9.21 Å². The van der Waals surface area contributed by atoms with Crippen molar-refractivity contribution >= 4 is 11.9 Å². The molecule has 0 unspecified atom stereocenters. The van der Waals surface area contributed by atoms with E-state index in [-0.39, 0.29) is 16.8 Å². The number of benzene rings is 1. The molecule has 21 heavy (non-hydrogen) atoms. The summed E-state index contributed by atoms with van der Waals surface area (Å²) in [6.07, 6.45) is 2.96. The summed E-state index contributed by atoms with van der Waals surface area (Å²) in [5, 5.41) is 9.16. The molecule has 1 aromatic carbocycles. The summed E-state index contributed by atoms with van der Waals surface area (Å²) in [5.41, 5.74) is 1.74. The molecule has 0 atom stereocenters. The molecule has 3 heteroatoms. The highest BCUT2D eigenvalue weighted by Crippen LogP contribution is 2.23. The Morgan fingerprint density at radius 1 is 1.19 bits per heavy atom. The number of ketones is 1. The summed E-state index contributed by atoms with van der Waals surface area (Å²) in [5.74, 6) is 0.195. The lowest BCUT2D eigenvalue weighted by molar-refractivity contribution is 0.104. The van der Waals surface area contributed by atoms with Crippen LogP contribution < -0.4 is 0 Å². The van der Waals surface area contributed by atoms with E-state index in [4.69, 9.17) is 9.68 Å². The molecule has 1 aromatic heterocycles. The molecule has 106 valence electrons.